The minimum Gasteiger partial charge on any atom is -0.253 e. The summed E-state index contributed by atoms with van der Waals surface area (Å²) in [5.74, 6) is 4.34. The number of benzene rings is 1. The molecule has 0 bridgehead atoms. The molecule has 22 heavy (non-hydrogen) atoms. The molecule has 126 valence electrons. The van der Waals surface area contributed by atoms with Crippen molar-refractivity contribution in [3.63, 3.8) is 0 Å². The third-order valence-corrected chi connectivity index (χ3v) is 5.96. The summed E-state index contributed by atoms with van der Waals surface area (Å²) in [6.45, 7) is 16.0. The van der Waals surface area contributed by atoms with Gasteiger partial charge in [0.2, 0.25) is 0 Å². The molecule has 0 aliphatic heterocycles. The molecule has 3 heteroatoms. The van der Waals surface area contributed by atoms with Gasteiger partial charge in [0, 0.05) is 28.0 Å². The molecule has 0 N–H and O–H groups in total. The zero-order chi connectivity index (χ0) is 17.3. The van der Waals surface area contributed by atoms with Crippen molar-refractivity contribution in [2.75, 3.05) is 6.26 Å². The van der Waals surface area contributed by atoms with Crippen LogP contribution in [0, 0.1) is 5.41 Å². The van der Waals surface area contributed by atoms with Crippen LogP contribution in [-0.2, 0) is 16.3 Å². The molecule has 0 heterocycles. The van der Waals surface area contributed by atoms with Crippen LogP contribution in [0.15, 0.2) is 24.3 Å². The van der Waals surface area contributed by atoms with E-state index in [0.717, 1.165) is 0 Å². The Kier molecular flexibility index (Phi) is 5.57. The number of hydrogen-bond donors (Lipinski definition) is 0. The van der Waals surface area contributed by atoms with Crippen LogP contribution in [0.5, 0.6) is 0 Å². The van der Waals surface area contributed by atoms with Crippen molar-refractivity contribution < 1.29 is 4.21 Å². The molecule has 0 amide bonds. The van der Waals surface area contributed by atoms with Crippen molar-refractivity contribution >= 4 is 15.6 Å². The summed E-state index contributed by atoms with van der Waals surface area (Å²) in [4.78, 5) is 0. The first-order chi connectivity index (χ1) is 9.74. The van der Waals surface area contributed by atoms with Crippen LogP contribution in [0.1, 0.15) is 65.5 Å². The highest BCUT2D eigenvalue weighted by molar-refractivity contribution is 7.97. The minimum absolute atomic E-state index is 0.189. The highest BCUT2D eigenvalue weighted by atomic mass is 32.2. The van der Waals surface area contributed by atoms with Gasteiger partial charge < -0.3 is 0 Å². The summed E-state index contributed by atoms with van der Waals surface area (Å²) in [5.41, 5.74) is 2.60. The van der Waals surface area contributed by atoms with E-state index in [9.17, 15) is 4.21 Å². The molecule has 1 aromatic rings. The van der Waals surface area contributed by atoms with E-state index in [1.54, 1.807) is 6.26 Å². The van der Waals surface area contributed by atoms with Crippen molar-refractivity contribution in [3.05, 3.63) is 35.4 Å². The van der Waals surface area contributed by atoms with Crippen molar-refractivity contribution in [3.8, 4) is 0 Å². The van der Waals surface area contributed by atoms with Crippen molar-refractivity contribution in [1.29, 1.82) is 0 Å². The van der Waals surface area contributed by atoms with E-state index in [1.807, 2.05) is 4.31 Å². The molecule has 1 aromatic carbocycles. The first kappa shape index (κ1) is 19.2. The maximum absolute atomic E-state index is 12.6. The Hall–Kier alpha value is -0.800. The minimum atomic E-state index is -2.27. The molecule has 0 spiro atoms. The molecule has 0 saturated carbocycles. The summed E-state index contributed by atoms with van der Waals surface area (Å²) in [6, 6.07) is 8.51. The topological polar surface area (TPSA) is 20.3 Å². The SMILES string of the molecule is C=S(C)(=O)N(Cc1ccccc1[C@H](C)C(C)(C)C)C(C)(C)C. The van der Waals surface area contributed by atoms with Crippen LogP contribution in [0.25, 0.3) is 0 Å². The molecule has 0 saturated heterocycles. The summed E-state index contributed by atoms with van der Waals surface area (Å²) in [6.07, 6.45) is 1.73. The maximum atomic E-state index is 12.6. The fraction of sp³-hybridized carbons (Fsp3) is 0.632. The fourth-order valence-electron chi connectivity index (χ4n) is 2.67. The van der Waals surface area contributed by atoms with Gasteiger partial charge in [0.1, 0.15) is 0 Å². The summed E-state index contributed by atoms with van der Waals surface area (Å²) >= 11 is 0. The quantitative estimate of drug-likeness (QED) is 0.736. The van der Waals surface area contributed by atoms with Gasteiger partial charge in [0.25, 0.3) is 0 Å². The highest BCUT2D eigenvalue weighted by Crippen LogP contribution is 2.37. The van der Waals surface area contributed by atoms with E-state index in [4.69, 9.17) is 0 Å². The van der Waals surface area contributed by atoms with E-state index in [0.29, 0.717) is 12.5 Å². The van der Waals surface area contributed by atoms with Gasteiger partial charge in [-0.25, -0.2) is 4.31 Å². The second-order valence-corrected chi connectivity index (χ2v) is 10.8. The standard InChI is InChI=1S/C19H33NOS/c1-15(18(2,3)4)17-13-11-10-12-16(17)14-20(19(5,6)7)22(8,9)21/h10-13,15H,8,14H2,1-7,9H3/t15-,22?/m0/s1. The molecule has 0 radical (unpaired) electrons. The molecule has 0 aliphatic carbocycles. The van der Waals surface area contributed by atoms with E-state index in [-0.39, 0.29) is 11.0 Å². The Morgan fingerprint density at radius 1 is 1.14 bits per heavy atom. The second-order valence-electron chi connectivity index (χ2n) is 8.45. The van der Waals surface area contributed by atoms with Gasteiger partial charge in [-0.1, -0.05) is 52.0 Å². The molecular formula is C19H33NOS. The third kappa shape index (κ3) is 4.85. The van der Waals surface area contributed by atoms with Gasteiger partial charge in [-0.05, 0) is 49.1 Å². The van der Waals surface area contributed by atoms with Gasteiger partial charge >= 0.3 is 0 Å². The van der Waals surface area contributed by atoms with Crippen LogP contribution in [0.2, 0.25) is 0 Å². The van der Waals surface area contributed by atoms with E-state index >= 15 is 0 Å². The van der Waals surface area contributed by atoms with Crippen LogP contribution >= 0.6 is 0 Å². The lowest BCUT2D eigenvalue weighted by atomic mass is 9.76. The Balaban J connectivity index is 3.29. The monoisotopic (exact) mass is 323 g/mol. The van der Waals surface area contributed by atoms with Gasteiger partial charge in [-0.15, -0.1) is 0 Å². The predicted molar refractivity (Wildman–Crippen MR) is 101 cm³/mol. The van der Waals surface area contributed by atoms with Crippen molar-refractivity contribution in [2.24, 2.45) is 5.41 Å². The first-order valence-electron chi connectivity index (χ1n) is 7.92. The molecule has 0 aliphatic rings. The van der Waals surface area contributed by atoms with Crippen LogP contribution in [0.4, 0.5) is 0 Å². The molecule has 2 nitrogen and oxygen atoms in total. The molecular weight excluding hydrogens is 290 g/mol. The largest absolute Gasteiger partial charge is 0.253 e. The van der Waals surface area contributed by atoms with Gasteiger partial charge in [-0.2, -0.15) is 0 Å². The Labute approximate surface area is 138 Å². The van der Waals surface area contributed by atoms with Crippen LogP contribution in [-0.4, -0.2) is 26.2 Å². The average Bonchev–Trinajstić information content (AvgIpc) is 2.31. The molecule has 1 rings (SSSR count). The van der Waals surface area contributed by atoms with Crippen LogP contribution in [0.3, 0.4) is 0 Å². The lowest BCUT2D eigenvalue weighted by molar-refractivity contribution is 0.253. The summed E-state index contributed by atoms with van der Waals surface area (Å²) < 4.78 is 14.7. The Bertz CT molecular complexity index is 603. The maximum Gasteiger partial charge on any atom is 0.0366 e. The van der Waals surface area contributed by atoms with E-state index < -0.39 is 9.71 Å². The number of rotatable bonds is 4. The smallest absolute Gasteiger partial charge is 0.0366 e. The third-order valence-electron chi connectivity index (χ3n) is 4.35. The van der Waals surface area contributed by atoms with Crippen molar-refractivity contribution in [2.45, 2.75) is 66.5 Å². The molecule has 2 atom stereocenters. The first-order valence-corrected chi connectivity index (χ1v) is 10.0. The second kappa shape index (κ2) is 6.37. The van der Waals surface area contributed by atoms with Gasteiger partial charge in [-0.3, -0.25) is 4.21 Å². The van der Waals surface area contributed by atoms with Crippen molar-refractivity contribution in [1.82, 2.24) is 4.31 Å². The fourth-order valence-corrected chi connectivity index (χ4v) is 4.25. The molecule has 1 unspecified atom stereocenters. The average molecular weight is 324 g/mol. The summed E-state index contributed by atoms with van der Waals surface area (Å²) in [5, 5.41) is 0. The van der Waals surface area contributed by atoms with Gasteiger partial charge in [0.05, 0.1) is 0 Å². The molecule has 0 fully saturated rings. The Morgan fingerprint density at radius 3 is 2.05 bits per heavy atom. The normalized spacial score (nSPS) is 17.3. The lowest BCUT2D eigenvalue weighted by Crippen LogP contribution is -2.44. The zero-order valence-electron chi connectivity index (χ0n) is 15.6. The number of nitrogens with zero attached hydrogens (tertiary/aromatic N) is 1. The molecule has 0 aromatic heterocycles. The lowest BCUT2D eigenvalue weighted by Gasteiger charge is -2.38. The summed E-state index contributed by atoms with van der Waals surface area (Å²) in [7, 11) is -2.27. The zero-order valence-corrected chi connectivity index (χ0v) is 16.4. The predicted octanol–water partition coefficient (Wildman–Crippen LogP) is 4.70. The highest BCUT2D eigenvalue weighted by Gasteiger charge is 2.29. The van der Waals surface area contributed by atoms with E-state index in [1.165, 1.54) is 11.1 Å². The Morgan fingerprint density at radius 2 is 1.64 bits per heavy atom. The van der Waals surface area contributed by atoms with Crippen LogP contribution < -0.4 is 0 Å². The van der Waals surface area contributed by atoms with Gasteiger partial charge in [0.15, 0.2) is 0 Å². The number of hydrogen-bond acceptors (Lipinski definition) is 1. The van der Waals surface area contributed by atoms with E-state index in [2.05, 4.69) is 78.6 Å².